The van der Waals surface area contributed by atoms with Gasteiger partial charge in [-0.15, -0.1) is 23.5 Å². The summed E-state index contributed by atoms with van der Waals surface area (Å²) in [7, 11) is 0. The molecule has 2 fully saturated rings. The van der Waals surface area contributed by atoms with Crippen molar-refractivity contribution in [2.45, 2.75) is 42.1 Å². The number of carbonyl (C=O) groups is 2. The van der Waals surface area contributed by atoms with Crippen LogP contribution in [0.4, 0.5) is 5.82 Å². The van der Waals surface area contributed by atoms with Gasteiger partial charge in [0.05, 0.1) is 23.1 Å². The Kier molecular flexibility index (Phi) is 9.29. The van der Waals surface area contributed by atoms with Crippen molar-refractivity contribution in [3.8, 4) is 0 Å². The van der Waals surface area contributed by atoms with Gasteiger partial charge in [-0.1, -0.05) is 66.7 Å². The van der Waals surface area contributed by atoms with Crippen molar-refractivity contribution in [2.75, 3.05) is 16.8 Å². The maximum atomic E-state index is 13.6. The van der Waals surface area contributed by atoms with Gasteiger partial charge in [-0.25, -0.2) is 19.7 Å². The molecule has 0 radical (unpaired) electrons. The Bertz CT molecular complexity index is 1790. The number of esters is 1. The normalized spacial score (nSPS) is 21.7. The molecule has 5 aromatic rings. The average molecular weight is 654 g/mol. The molecule has 0 bridgehead atoms. The van der Waals surface area contributed by atoms with E-state index in [0.29, 0.717) is 28.9 Å². The summed E-state index contributed by atoms with van der Waals surface area (Å²) in [6, 6.07) is 27.7. The highest BCUT2D eigenvalue weighted by Gasteiger charge is 2.52. The fourth-order valence-electron chi connectivity index (χ4n) is 5.55. The predicted octanol–water partition coefficient (Wildman–Crippen LogP) is 5.98. The molecule has 2 aliphatic rings. The number of anilines is 1. The first-order chi connectivity index (χ1) is 22.7. The van der Waals surface area contributed by atoms with E-state index < -0.39 is 30.5 Å². The van der Waals surface area contributed by atoms with Crippen molar-refractivity contribution in [2.24, 2.45) is 0 Å². The minimum Gasteiger partial charge on any atom is -0.451 e. The number of aromatic nitrogens is 4. The van der Waals surface area contributed by atoms with Gasteiger partial charge in [-0.05, 0) is 47.8 Å². The monoisotopic (exact) mass is 653 g/mol. The minimum absolute atomic E-state index is 0.0718. The maximum absolute atomic E-state index is 13.6. The van der Waals surface area contributed by atoms with Crippen molar-refractivity contribution in [1.82, 2.24) is 19.5 Å². The Morgan fingerprint density at radius 1 is 0.848 bits per heavy atom. The van der Waals surface area contributed by atoms with Crippen molar-refractivity contribution in [3.05, 3.63) is 120 Å². The van der Waals surface area contributed by atoms with E-state index in [1.165, 1.54) is 6.33 Å². The summed E-state index contributed by atoms with van der Waals surface area (Å²) in [4.78, 5) is 39.9. The fourth-order valence-corrected chi connectivity index (χ4v) is 8.60. The molecular formula is C34H31N5O5S2. The number of fused-ring (bicyclic) bond motifs is 1. The van der Waals surface area contributed by atoms with Crippen molar-refractivity contribution in [3.63, 3.8) is 0 Å². The van der Waals surface area contributed by atoms with Crippen LogP contribution >= 0.6 is 23.5 Å². The lowest BCUT2D eigenvalue weighted by atomic mass is 10.1. The van der Waals surface area contributed by atoms with E-state index in [1.807, 2.05) is 66.0 Å². The molecule has 4 atom stereocenters. The standard InChI is InChI=1S/C34H31N5O5S2/c40-31(23-13-6-2-7-14-23)38-29-25-30(36-20-35-29)39(21-37-25)32-27(44-33(41)24-15-8-3-9-16-24)26(42-19-22-11-4-1-5-12-22)28(43-32)34-45-17-10-18-46-34/h1-9,11-16,20-21,26-28,32,34H,10,17-19H2,(H,35,36,38,40)/t26-,27-,28+,32-/m1/s1. The van der Waals surface area contributed by atoms with Gasteiger partial charge in [0.25, 0.3) is 5.91 Å². The van der Waals surface area contributed by atoms with Crippen LogP contribution in [-0.4, -0.2) is 65.8 Å². The van der Waals surface area contributed by atoms with Crippen LogP contribution in [0.25, 0.3) is 11.2 Å². The van der Waals surface area contributed by atoms with E-state index in [1.54, 1.807) is 59.4 Å². The van der Waals surface area contributed by atoms with Gasteiger partial charge >= 0.3 is 5.97 Å². The lowest BCUT2D eigenvalue weighted by molar-refractivity contribution is -0.0588. The molecule has 2 aliphatic heterocycles. The Labute approximate surface area is 274 Å². The van der Waals surface area contributed by atoms with Crippen LogP contribution in [0.2, 0.25) is 0 Å². The van der Waals surface area contributed by atoms with E-state index in [0.717, 1.165) is 23.5 Å². The smallest absolute Gasteiger partial charge is 0.338 e. The number of hydrogen-bond donors (Lipinski definition) is 1. The third-order valence-electron chi connectivity index (χ3n) is 7.79. The SMILES string of the molecule is O=C(Nc1ncnc2c1ncn2[C@@H]1O[C@H](C2SCCCS2)[C@H](OCc2ccccc2)[C@H]1OC(=O)c1ccccc1)c1ccccc1. The number of carbonyl (C=O) groups excluding carboxylic acids is 2. The van der Waals surface area contributed by atoms with Gasteiger partial charge in [0.2, 0.25) is 0 Å². The topological polar surface area (TPSA) is 117 Å². The Balaban J connectivity index is 1.25. The summed E-state index contributed by atoms with van der Waals surface area (Å²) in [5.74, 6) is 1.48. The quantitative estimate of drug-likeness (QED) is 0.190. The number of ether oxygens (including phenoxy) is 3. The lowest BCUT2D eigenvalue weighted by Crippen LogP contribution is -2.41. The number of hydrogen-bond acceptors (Lipinski definition) is 10. The molecule has 0 saturated carbocycles. The Morgan fingerprint density at radius 3 is 2.24 bits per heavy atom. The molecule has 46 heavy (non-hydrogen) atoms. The van der Waals surface area contributed by atoms with E-state index >= 15 is 0 Å². The van der Waals surface area contributed by atoms with E-state index in [9.17, 15) is 9.59 Å². The number of thioether (sulfide) groups is 2. The van der Waals surface area contributed by atoms with E-state index in [-0.39, 0.29) is 16.3 Å². The van der Waals surface area contributed by atoms with Crippen LogP contribution in [0.15, 0.2) is 104 Å². The first-order valence-electron chi connectivity index (χ1n) is 15.0. The molecule has 1 N–H and O–H groups in total. The number of rotatable bonds is 9. The molecule has 2 aromatic heterocycles. The molecule has 7 rings (SSSR count). The molecule has 2 saturated heterocycles. The molecule has 4 heterocycles. The zero-order chi connectivity index (χ0) is 31.3. The van der Waals surface area contributed by atoms with Crippen LogP contribution in [0, 0.1) is 0 Å². The molecular weight excluding hydrogens is 623 g/mol. The maximum Gasteiger partial charge on any atom is 0.338 e. The molecule has 12 heteroatoms. The third kappa shape index (κ3) is 6.52. The molecule has 0 spiro atoms. The molecule has 0 unspecified atom stereocenters. The summed E-state index contributed by atoms with van der Waals surface area (Å²) in [6.45, 7) is 0.321. The molecule has 3 aromatic carbocycles. The molecule has 1 amide bonds. The van der Waals surface area contributed by atoms with Crippen LogP contribution in [0.1, 0.15) is 38.9 Å². The number of nitrogens with zero attached hydrogens (tertiary/aromatic N) is 4. The molecule has 234 valence electrons. The van der Waals surface area contributed by atoms with Crippen molar-refractivity contribution < 1.29 is 23.8 Å². The number of amides is 1. The summed E-state index contributed by atoms with van der Waals surface area (Å²) in [6.07, 6.45) is 1.45. The zero-order valence-electron chi connectivity index (χ0n) is 24.7. The van der Waals surface area contributed by atoms with Gasteiger partial charge in [-0.3, -0.25) is 9.36 Å². The fraction of sp³-hybridized carbons (Fsp3) is 0.265. The van der Waals surface area contributed by atoms with Gasteiger partial charge < -0.3 is 19.5 Å². The number of benzene rings is 3. The minimum atomic E-state index is -0.834. The van der Waals surface area contributed by atoms with Crippen LogP contribution in [-0.2, 0) is 20.8 Å². The summed E-state index contributed by atoms with van der Waals surface area (Å²) in [5, 5.41) is 2.85. The molecule has 10 nitrogen and oxygen atoms in total. The highest BCUT2D eigenvalue weighted by Crippen LogP contribution is 2.45. The first kappa shape index (κ1) is 30.4. The van der Waals surface area contributed by atoms with Gasteiger partial charge in [0.15, 0.2) is 29.3 Å². The van der Waals surface area contributed by atoms with Crippen LogP contribution in [0.5, 0.6) is 0 Å². The lowest BCUT2D eigenvalue weighted by Gasteiger charge is -2.30. The Hall–Kier alpha value is -4.23. The first-order valence-corrected chi connectivity index (χ1v) is 17.1. The third-order valence-corrected chi connectivity index (χ3v) is 10.8. The second kappa shape index (κ2) is 14.0. The Morgan fingerprint density at radius 2 is 1.52 bits per heavy atom. The largest absolute Gasteiger partial charge is 0.451 e. The summed E-state index contributed by atoms with van der Waals surface area (Å²) >= 11 is 3.67. The number of nitrogens with one attached hydrogen (secondary N) is 1. The van der Waals surface area contributed by atoms with Gasteiger partial charge in [-0.2, -0.15) is 0 Å². The van der Waals surface area contributed by atoms with Gasteiger partial charge in [0, 0.05) is 5.56 Å². The summed E-state index contributed by atoms with van der Waals surface area (Å²) < 4.78 is 21.5. The van der Waals surface area contributed by atoms with E-state index in [2.05, 4.69) is 20.3 Å². The predicted molar refractivity (Wildman–Crippen MR) is 178 cm³/mol. The van der Waals surface area contributed by atoms with Crippen LogP contribution < -0.4 is 5.32 Å². The van der Waals surface area contributed by atoms with E-state index in [4.69, 9.17) is 14.2 Å². The second-order valence-corrected chi connectivity index (χ2v) is 13.6. The number of imidazole rings is 1. The van der Waals surface area contributed by atoms with Crippen molar-refractivity contribution >= 4 is 52.4 Å². The second-order valence-electron chi connectivity index (χ2n) is 10.8. The van der Waals surface area contributed by atoms with Crippen molar-refractivity contribution in [1.29, 1.82) is 0 Å². The highest BCUT2D eigenvalue weighted by atomic mass is 32.2. The van der Waals surface area contributed by atoms with Gasteiger partial charge in [0.1, 0.15) is 18.5 Å². The average Bonchev–Trinajstić information content (AvgIpc) is 3.71. The highest BCUT2D eigenvalue weighted by molar-refractivity contribution is 8.17. The zero-order valence-corrected chi connectivity index (χ0v) is 26.3. The van der Waals surface area contributed by atoms with Crippen LogP contribution in [0.3, 0.4) is 0 Å². The summed E-state index contributed by atoms with van der Waals surface area (Å²) in [5.41, 5.74) is 2.73. The molecule has 0 aliphatic carbocycles.